The Labute approximate surface area is 204 Å². The zero-order valence-electron chi connectivity index (χ0n) is 19.4. The molecule has 36 heavy (non-hydrogen) atoms. The van der Waals surface area contributed by atoms with E-state index in [1.807, 2.05) is 29.3 Å². The fraction of sp³-hybridized carbons (Fsp3) is 0.333. The lowest BCUT2D eigenvalue weighted by molar-refractivity contribution is -0.192. The Morgan fingerprint density at radius 3 is 2.53 bits per heavy atom. The van der Waals surface area contributed by atoms with Gasteiger partial charge >= 0.3 is 12.1 Å². The largest absolute Gasteiger partial charge is 0.490 e. The molecule has 12 heteroatoms. The lowest BCUT2D eigenvalue weighted by Crippen LogP contribution is -2.53. The summed E-state index contributed by atoms with van der Waals surface area (Å²) in [4.78, 5) is 35.2. The van der Waals surface area contributed by atoms with Crippen LogP contribution >= 0.6 is 0 Å². The normalized spacial score (nSPS) is 18.3. The third-order valence-corrected chi connectivity index (χ3v) is 6.21. The molecule has 5 rings (SSSR count). The molecule has 1 atom stereocenters. The zero-order valence-corrected chi connectivity index (χ0v) is 19.4. The monoisotopic (exact) mass is 503 g/mol. The molecule has 1 amide bonds. The lowest BCUT2D eigenvalue weighted by Gasteiger charge is -2.47. The van der Waals surface area contributed by atoms with Crippen molar-refractivity contribution in [1.82, 2.24) is 19.4 Å². The first kappa shape index (κ1) is 25.2. The van der Waals surface area contributed by atoms with E-state index in [0.29, 0.717) is 25.4 Å². The highest BCUT2D eigenvalue weighted by Gasteiger charge is 2.50. The van der Waals surface area contributed by atoms with E-state index in [0.717, 1.165) is 30.2 Å². The molecule has 5 heterocycles. The van der Waals surface area contributed by atoms with E-state index in [1.54, 1.807) is 19.4 Å². The summed E-state index contributed by atoms with van der Waals surface area (Å²) in [5, 5.41) is 7.12. The van der Waals surface area contributed by atoms with Crippen LogP contribution in [-0.4, -0.2) is 75.9 Å². The minimum Gasteiger partial charge on any atom is -0.475 e. The Bertz CT molecular complexity index is 1230. The summed E-state index contributed by atoms with van der Waals surface area (Å²) in [6.45, 7) is 2.61. The molecule has 1 spiro atoms. The van der Waals surface area contributed by atoms with Crippen LogP contribution in [0, 0.1) is 0 Å². The Morgan fingerprint density at radius 2 is 1.86 bits per heavy atom. The van der Waals surface area contributed by atoms with E-state index in [9.17, 15) is 18.0 Å². The van der Waals surface area contributed by atoms with E-state index in [4.69, 9.17) is 14.6 Å². The Hall–Kier alpha value is -3.93. The zero-order chi connectivity index (χ0) is 25.9. The third kappa shape index (κ3) is 4.63. The van der Waals surface area contributed by atoms with Gasteiger partial charge in [-0.05, 0) is 42.8 Å². The van der Waals surface area contributed by atoms with Crippen molar-refractivity contribution in [1.29, 1.82) is 0 Å². The maximum Gasteiger partial charge on any atom is 0.490 e. The van der Waals surface area contributed by atoms with Gasteiger partial charge in [-0.25, -0.2) is 9.78 Å². The van der Waals surface area contributed by atoms with Crippen molar-refractivity contribution in [3.05, 3.63) is 72.4 Å². The number of pyridine rings is 2. The fourth-order valence-electron chi connectivity index (χ4n) is 4.66. The fourth-order valence-corrected chi connectivity index (χ4v) is 4.66. The first-order valence-corrected chi connectivity index (χ1v) is 11.1. The predicted octanol–water partition coefficient (Wildman–Crippen LogP) is 3.11. The number of amides is 1. The molecule has 2 aliphatic heterocycles. The van der Waals surface area contributed by atoms with Crippen LogP contribution in [0.1, 0.15) is 22.6 Å². The number of alkyl halides is 3. The van der Waals surface area contributed by atoms with Gasteiger partial charge in [0.2, 0.25) is 0 Å². The van der Waals surface area contributed by atoms with Gasteiger partial charge in [-0.15, -0.1) is 0 Å². The van der Waals surface area contributed by atoms with Crippen LogP contribution in [0.3, 0.4) is 0 Å². The maximum atomic E-state index is 13.1. The van der Waals surface area contributed by atoms with Gasteiger partial charge in [0.25, 0.3) is 5.91 Å². The van der Waals surface area contributed by atoms with Crippen LogP contribution in [0.15, 0.2) is 61.1 Å². The van der Waals surface area contributed by atoms with Crippen LogP contribution in [-0.2, 0) is 15.1 Å². The number of anilines is 1. The van der Waals surface area contributed by atoms with Crippen LogP contribution in [0.25, 0.3) is 5.82 Å². The number of nitrogens with zero attached hydrogens (tertiary/aromatic N) is 5. The summed E-state index contributed by atoms with van der Waals surface area (Å²) < 4.78 is 39.3. The SMILES string of the molecule is COCCN1c2cccnc2-n2cccc2C12CCN(C(=O)c1ccccn1)C2.O=C(O)C(F)(F)F. The summed E-state index contributed by atoms with van der Waals surface area (Å²) in [7, 11) is 1.72. The highest BCUT2D eigenvalue weighted by Crippen LogP contribution is 2.46. The second-order valence-electron chi connectivity index (χ2n) is 8.28. The van der Waals surface area contributed by atoms with Gasteiger partial charge < -0.3 is 24.2 Å². The van der Waals surface area contributed by atoms with E-state index in [2.05, 4.69) is 43.8 Å². The maximum absolute atomic E-state index is 13.1. The van der Waals surface area contributed by atoms with Crippen molar-refractivity contribution in [3.63, 3.8) is 0 Å². The number of ether oxygens (including phenoxy) is 1. The van der Waals surface area contributed by atoms with Gasteiger partial charge in [0.05, 0.1) is 18.0 Å². The molecule has 0 radical (unpaired) electrons. The summed E-state index contributed by atoms with van der Waals surface area (Å²) >= 11 is 0. The quantitative estimate of drug-likeness (QED) is 0.584. The molecule has 9 nitrogen and oxygen atoms in total. The average Bonchev–Trinajstić information content (AvgIpc) is 3.53. The minimum absolute atomic E-state index is 0.0238. The molecule has 1 saturated heterocycles. The molecule has 1 fully saturated rings. The molecule has 3 aromatic rings. The highest BCUT2D eigenvalue weighted by molar-refractivity contribution is 5.92. The molecule has 0 aliphatic carbocycles. The summed E-state index contributed by atoms with van der Waals surface area (Å²) in [6, 6.07) is 13.7. The first-order valence-electron chi connectivity index (χ1n) is 11.1. The molecule has 0 saturated carbocycles. The molecule has 0 aromatic carbocycles. The average molecular weight is 503 g/mol. The molecule has 1 unspecified atom stereocenters. The van der Waals surface area contributed by atoms with Gasteiger partial charge in [0.15, 0.2) is 5.82 Å². The molecule has 0 bridgehead atoms. The number of hydrogen-bond donors (Lipinski definition) is 1. The van der Waals surface area contributed by atoms with Gasteiger partial charge in [-0.2, -0.15) is 13.2 Å². The van der Waals surface area contributed by atoms with Gasteiger partial charge in [-0.3, -0.25) is 9.78 Å². The number of fused-ring (bicyclic) bond motifs is 4. The van der Waals surface area contributed by atoms with Gasteiger partial charge in [-0.1, -0.05) is 6.07 Å². The van der Waals surface area contributed by atoms with Crippen molar-refractivity contribution in [2.24, 2.45) is 0 Å². The number of carbonyl (C=O) groups is 2. The van der Waals surface area contributed by atoms with E-state index in [-0.39, 0.29) is 11.4 Å². The molecular formula is C24H24F3N5O4. The number of carboxylic acids is 1. The summed E-state index contributed by atoms with van der Waals surface area (Å²) in [5.74, 6) is -1.86. The second-order valence-corrected chi connectivity index (χ2v) is 8.28. The van der Waals surface area contributed by atoms with Crippen molar-refractivity contribution >= 4 is 17.6 Å². The Balaban J connectivity index is 0.000000384. The van der Waals surface area contributed by atoms with Gasteiger partial charge in [0.1, 0.15) is 11.2 Å². The summed E-state index contributed by atoms with van der Waals surface area (Å²) in [5.41, 5.74) is 2.40. The highest BCUT2D eigenvalue weighted by atomic mass is 19.4. The number of aliphatic carboxylic acids is 1. The minimum atomic E-state index is -5.08. The molecular weight excluding hydrogens is 479 g/mol. The van der Waals surface area contributed by atoms with Gasteiger partial charge in [0, 0.05) is 45.3 Å². The van der Waals surface area contributed by atoms with Crippen LogP contribution < -0.4 is 4.90 Å². The number of halogens is 3. The number of likely N-dealkylation sites (tertiary alicyclic amines) is 1. The smallest absolute Gasteiger partial charge is 0.475 e. The lowest BCUT2D eigenvalue weighted by atomic mass is 9.89. The van der Waals surface area contributed by atoms with Crippen molar-refractivity contribution in [3.8, 4) is 5.82 Å². The van der Waals surface area contributed by atoms with Crippen molar-refractivity contribution in [2.45, 2.75) is 18.1 Å². The number of carboxylic acid groups (broad SMARTS) is 1. The number of carbonyl (C=O) groups excluding carboxylic acids is 1. The number of methoxy groups -OCH3 is 1. The molecule has 3 aromatic heterocycles. The number of aromatic nitrogens is 3. The standard InChI is InChI=1S/C22H23N5O2.C2HF3O2/c1-29-15-14-27-18-7-4-11-24-20(18)26-12-5-8-19(26)22(27)9-13-25(16-22)21(28)17-6-2-3-10-23-17;3-2(4,5)1(6)7/h2-8,10-12H,9,13-16H2,1H3;(H,6,7). The van der Waals surface area contributed by atoms with E-state index >= 15 is 0 Å². The van der Waals surface area contributed by atoms with Crippen molar-refractivity contribution < 1.29 is 32.6 Å². The molecule has 1 N–H and O–H groups in total. The van der Waals surface area contributed by atoms with Crippen LogP contribution in [0.2, 0.25) is 0 Å². The molecule has 190 valence electrons. The second kappa shape index (κ2) is 9.97. The third-order valence-electron chi connectivity index (χ3n) is 6.21. The van der Waals surface area contributed by atoms with Crippen molar-refractivity contribution in [2.75, 3.05) is 38.3 Å². The number of rotatable bonds is 4. The van der Waals surface area contributed by atoms with Crippen LogP contribution in [0.4, 0.5) is 18.9 Å². The first-order chi connectivity index (χ1) is 17.2. The van der Waals surface area contributed by atoms with Crippen LogP contribution in [0.5, 0.6) is 0 Å². The van der Waals surface area contributed by atoms with E-state index in [1.165, 1.54) is 0 Å². The number of hydrogen-bond acceptors (Lipinski definition) is 6. The Morgan fingerprint density at radius 1 is 1.11 bits per heavy atom. The Kier molecular flexibility index (Phi) is 6.97. The predicted molar refractivity (Wildman–Crippen MR) is 123 cm³/mol. The summed E-state index contributed by atoms with van der Waals surface area (Å²) in [6.07, 6.45) is 1.30. The topological polar surface area (TPSA) is 101 Å². The van der Waals surface area contributed by atoms with E-state index < -0.39 is 12.1 Å². The molecule has 2 aliphatic rings.